The summed E-state index contributed by atoms with van der Waals surface area (Å²) in [5.74, 6) is 0.0207. The van der Waals surface area contributed by atoms with Gasteiger partial charge in [0.2, 0.25) is 5.78 Å². The number of para-hydroxylation sites is 1. The number of rotatable bonds is 5. The monoisotopic (exact) mass is 392 g/mol. The van der Waals surface area contributed by atoms with Crippen LogP contribution >= 0.6 is 0 Å². The highest BCUT2D eigenvalue weighted by Gasteiger charge is 2.27. The van der Waals surface area contributed by atoms with Crippen molar-refractivity contribution in [1.29, 1.82) is 0 Å². The van der Waals surface area contributed by atoms with Crippen LogP contribution in [0, 0.1) is 0 Å². The molecule has 4 aromatic rings. The van der Waals surface area contributed by atoms with Crippen LogP contribution in [0.15, 0.2) is 83.9 Å². The largest absolute Gasteiger partial charge is 0.495 e. The predicted molar refractivity (Wildman–Crippen MR) is 105 cm³/mol. The number of hydrogen-bond donors (Lipinski definition) is 0. The second-order valence-electron chi connectivity index (χ2n) is 6.08. The summed E-state index contributed by atoms with van der Waals surface area (Å²) in [5.41, 5.74) is 0.596. The minimum atomic E-state index is -3.98. The molecule has 7 heteroatoms. The molecule has 0 aliphatic carbocycles. The third-order valence-corrected chi connectivity index (χ3v) is 6.13. The fourth-order valence-corrected chi connectivity index (χ4v) is 4.54. The Kier molecular flexibility index (Phi) is 4.44. The van der Waals surface area contributed by atoms with Crippen molar-refractivity contribution in [1.82, 2.24) is 8.96 Å². The molecular weight excluding hydrogens is 376 g/mol. The van der Waals surface area contributed by atoms with Gasteiger partial charge in [-0.05, 0) is 36.4 Å². The number of carbonyl (C=O) groups excluding carboxylic acids is 1. The molecule has 2 aromatic carbocycles. The number of pyridine rings is 1. The number of ether oxygens (including phenoxy) is 1. The van der Waals surface area contributed by atoms with Gasteiger partial charge in [0.1, 0.15) is 17.1 Å². The highest BCUT2D eigenvalue weighted by atomic mass is 32.2. The molecule has 0 aliphatic heterocycles. The molecule has 0 saturated heterocycles. The first kappa shape index (κ1) is 17.9. The second-order valence-corrected chi connectivity index (χ2v) is 7.87. The summed E-state index contributed by atoms with van der Waals surface area (Å²) in [7, 11) is -2.47. The first-order valence-electron chi connectivity index (χ1n) is 8.48. The first-order valence-corrected chi connectivity index (χ1v) is 9.92. The highest BCUT2D eigenvalue weighted by molar-refractivity contribution is 7.90. The fourth-order valence-electron chi connectivity index (χ4n) is 3.01. The molecule has 2 aromatic heterocycles. The maximum atomic E-state index is 13.3. The van der Waals surface area contributed by atoms with Crippen LogP contribution in [-0.2, 0) is 10.0 Å². The lowest BCUT2D eigenvalue weighted by Gasteiger charge is -2.11. The van der Waals surface area contributed by atoms with E-state index in [-0.39, 0.29) is 16.3 Å². The molecular formula is C21H16N2O4S. The van der Waals surface area contributed by atoms with Gasteiger partial charge >= 0.3 is 0 Å². The van der Waals surface area contributed by atoms with Crippen molar-refractivity contribution in [3.05, 3.63) is 90.4 Å². The van der Waals surface area contributed by atoms with Crippen LogP contribution in [0.3, 0.4) is 0 Å². The zero-order valence-electron chi connectivity index (χ0n) is 14.9. The molecule has 0 aliphatic rings. The van der Waals surface area contributed by atoms with Gasteiger partial charge in [0, 0.05) is 5.39 Å². The van der Waals surface area contributed by atoms with E-state index in [1.165, 1.54) is 31.5 Å². The maximum Gasteiger partial charge on any atom is 0.268 e. The van der Waals surface area contributed by atoms with Crippen LogP contribution in [0.25, 0.3) is 10.9 Å². The minimum Gasteiger partial charge on any atom is -0.495 e. The zero-order chi connectivity index (χ0) is 19.7. The third-order valence-electron chi connectivity index (χ3n) is 4.39. The molecule has 6 nitrogen and oxygen atoms in total. The Labute approximate surface area is 162 Å². The average Bonchev–Trinajstić information content (AvgIpc) is 3.14. The molecule has 140 valence electrons. The number of ketones is 1. The van der Waals surface area contributed by atoms with Gasteiger partial charge in [-0.15, -0.1) is 0 Å². The van der Waals surface area contributed by atoms with Gasteiger partial charge in [-0.3, -0.25) is 4.79 Å². The molecule has 2 heterocycles. The molecule has 0 unspecified atom stereocenters. The summed E-state index contributed by atoms with van der Waals surface area (Å²) in [5, 5.41) is 0.652. The van der Waals surface area contributed by atoms with Gasteiger partial charge < -0.3 is 4.74 Å². The van der Waals surface area contributed by atoms with E-state index in [4.69, 9.17) is 4.74 Å². The number of hydrogen-bond acceptors (Lipinski definition) is 5. The van der Waals surface area contributed by atoms with Crippen LogP contribution in [0.2, 0.25) is 0 Å². The third kappa shape index (κ3) is 2.95. The van der Waals surface area contributed by atoms with Crippen LogP contribution < -0.4 is 4.74 Å². The van der Waals surface area contributed by atoms with E-state index in [1.54, 1.807) is 54.6 Å². The normalized spacial score (nSPS) is 11.5. The van der Waals surface area contributed by atoms with E-state index in [2.05, 4.69) is 4.98 Å². The molecule has 0 atom stereocenters. The molecule has 0 radical (unpaired) electrons. The number of fused-ring (bicyclic) bond motifs is 1. The van der Waals surface area contributed by atoms with Crippen LogP contribution in [0.4, 0.5) is 0 Å². The first-order chi connectivity index (χ1) is 13.5. The number of nitrogens with zero attached hydrogens (tertiary/aromatic N) is 2. The summed E-state index contributed by atoms with van der Waals surface area (Å²) in [6.45, 7) is 0. The molecule has 0 fully saturated rings. The quantitative estimate of drug-likeness (QED) is 0.486. The average molecular weight is 392 g/mol. The van der Waals surface area contributed by atoms with E-state index >= 15 is 0 Å². The lowest BCUT2D eigenvalue weighted by molar-refractivity contribution is 0.102. The zero-order valence-corrected chi connectivity index (χ0v) is 15.8. The van der Waals surface area contributed by atoms with E-state index in [0.29, 0.717) is 16.7 Å². The van der Waals surface area contributed by atoms with Crippen LogP contribution in [-0.4, -0.2) is 30.3 Å². The Hall–Kier alpha value is -3.45. The number of aromatic nitrogens is 2. The number of methoxy groups -OCH3 is 1. The van der Waals surface area contributed by atoms with Crippen LogP contribution in [0.1, 0.15) is 16.2 Å². The topological polar surface area (TPSA) is 78.3 Å². The van der Waals surface area contributed by atoms with Crippen molar-refractivity contribution in [3.63, 3.8) is 0 Å². The Morgan fingerprint density at radius 3 is 2.36 bits per heavy atom. The SMILES string of the molecule is COc1ccc(C(=O)c2cc3ccccc3n2S(=O)(=O)c2ccccc2)nc1. The fraction of sp³-hybridized carbons (Fsp3) is 0.0476. The Balaban J connectivity index is 1.94. The maximum absolute atomic E-state index is 13.3. The molecule has 0 N–H and O–H groups in total. The number of carbonyl (C=O) groups is 1. The molecule has 0 saturated carbocycles. The van der Waals surface area contributed by atoms with Gasteiger partial charge in [-0.2, -0.15) is 0 Å². The van der Waals surface area contributed by atoms with E-state index < -0.39 is 15.8 Å². The van der Waals surface area contributed by atoms with Gasteiger partial charge in [0.25, 0.3) is 10.0 Å². The molecule has 28 heavy (non-hydrogen) atoms. The summed E-state index contributed by atoms with van der Waals surface area (Å²) >= 11 is 0. The summed E-state index contributed by atoms with van der Waals surface area (Å²) in [6, 6.07) is 19.7. The van der Waals surface area contributed by atoms with Crippen molar-refractivity contribution in [3.8, 4) is 5.75 Å². The van der Waals surface area contributed by atoms with Gasteiger partial charge in [-0.1, -0.05) is 36.4 Å². The molecule has 0 spiro atoms. The summed E-state index contributed by atoms with van der Waals surface area (Å²) in [6.07, 6.45) is 1.42. The van der Waals surface area contributed by atoms with E-state index in [1.807, 2.05) is 0 Å². The van der Waals surface area contributed by atoms with Crippen molar-refractivity contribution in [2.45, 2.75) is 4.90 Å². The molecule has 4 rings (SSSR count). The highest BCUT2D eigenvalue weighted by Crippen LogP contribution is 2.27. The minimum absolute atomic E-state index is 0.0303. The molecule has 0 amide bonds. The standard InChI is InChI=1S/C21H16N2O4S/c1-27-16-11-12-18(22-14-16)21(24)20-13-15-7-5-6-10-19(15)23(20)28(25,26)17-8-3-2-4-9-17/h2-14H,1H3. The van der Waals surface area contributed by atoms with Crippen LogP contribution in [0.5, 0.6) is 5.75 Å². The smallest absolute Gasteiger partial charge is 0.268 e. The van der Waals surface area contributed by atoms with Crippen molar-refractivity contribution in [2.75, 3.05) is 7.11 Å². The second kappa shape index (κ2) is 6.94. The van der Waals surface area contributed by atoms with E-state index in [0.717, 1.165) is 3.97 Å². The van der Waals surface area contributed by atoms with Crippen molar-refractivity contribution < 1.29 is 17.9 Å². The summed E-state index contributed by atoms with van der Waals surface area (Å²) in [4.78, 5) is 17.3. The molecule has 0 bridgehead atoms. The predicted octanol–water partition coefficient (Wildman–Crippen LogP) is 3.51. The van der Waals surface area contributed by atoms with Crippen molar-refractivity contribution >= 4 is 26.7 Å². The lowest BCUT2D eigenvalue weighted by atomic mass is 10.2. The Morgan fingerprint density at radius 2 is 1.68 bits per heavy atom. The lowest BCUT2D eigenvalue weighted by Crippen LogP contribution is -2.19. The summed E-state index contributed by atoms with van der Waals surface area (Å²) < 4.78 is 32.8. The van der Waals surface area contributed by atoms with Gasteiger partial charge in [0.05, 0.1) is 23.7 Å². The van der Waals surface area contributed by atoms with Gasteiger partial charge in [-0.25, -0.2) is 17.4 Å². The Morgan fingerprint density at radius 1 is 0.964 bits per heavy atom. The number of benzene rings is 2. The van der Waals surface area contributed by atoms with Crippen molar-refractivity contribution in [2.24, 2.45) is 0 Å². The van der Waals surface area contributed by atoms with E-state index in [9.17, 15) is 13.2 Å². The van der Waals surface area contributed by atoms with Gasteiger partial charge in [0.15, 0.2) is 0 Å². The Bertz CT molecular complexity index is 1260.